The Morgan fingerprint density at radius 1 is 0.909 bits per heavy atom. The molecule has 1 aliphatic carbocycles. The van der Waals surface area contributed by atoms with Gasteiger partial charge in [-0.3, -0.25) is 0 Å². The van der Waals surface area contributed by atoms with Gasteiger partial charge in [-0.15, -0.1) is 0 Å². The molecule has 0 fully saturated rings. The van der Waals surface area contributed by atoms with Gasteiger partial charge in [-0.1, -0.05) is 66.3 Å². The van der Waals surface area contributed by atoms with Gasteiger partial charge in [-0.05, 0) is 66.6 Å². The lowest BCUT2D eigenvalue weighted by molar-refractivity contribution is 1.26. The van der Waals surface area contributed by atoms with Crippen LogP contribution in [0.1, 0.15) is 37.5 Å². The SMILES string of the molecule is C=C(C)/C=C(\C=C(C)C)c1ccc2c(c1)-c1ccccc1C2. The molecule has 0 saturated heterocycles. The Morgan fingerprint density at radius 2 is 1.64 bits per heavy atom. The number of fused-ring (bicyclic) bond motifs is 3. The summed E-state index contributed by atoms with van der Waals surface area (Å²) >= 11 is 0. The zero-order chi connectivity index (χ0) is 15.7. The van der Waals surface area contributed by atoms with E-state index in [4.69, 9.17) is 0 Å². The lowest BCUT2D eigenvalue weighted by atomic mass is 9.96. The number of allylic oxidation sites excluding steroid dienone is 5. The van der Waals surface area contributed by atoms with Crippen molar-refractivity contribution in [2.75, 3.05) is 0 Å². The van der Waals surface area contributed by atoms with Crippen LogP contribution in [0.2, 0.25) is 0 Å². The van der Waals surface area contributed by atoms with Gasteiger partial charge < -0.3 is 0 Å². The van der Waals surface area contributed by atoms with Crippen LogP contribution in [0.25, 0.3) is 16.7 Å². The highest BCUT2D eigenvalue weighted by molar-refractivity contribution is 5.83. The lowest BCUT2D eigenvalue weighted by Gasteiger charge is -2.08. The van der Waals surface area contributed by atoms with Gasteiger partial charge in [0, 0.05) is 0 Å². The first-order valence-corrected chi connectivity index (χ1v) is 7.78. The van der Waals surface area contributed by atoms with Crippen LogP contribution in [0, 0.1) is 0 Å². The van der Waals surface area contributed by atoms with Crippen molar-refractivity contribution in [3.63, 3.8) is 0 Å². The largest absolute Gasteiger partial charge is 0.0961 e. The first-order chi connectivity index (χ1) is 10.5. The minimum absolute atomic E-state index is 1.05. The van der Waals surface area contributed by atoms with Crippen LogP contribution < -0.4 is 0 Å². The Balaban J connectivity index is 2.12. The molecule has 2 aromatic rings. The molecule has 0 spiro atoms. The van der Waals surface area contributed by atoms with Crippen molar-refractivity contribution in [3.8, 4) is 11.1 Å². The molecule has 1 aliphatic rings. The predicted molar refractivity (Wildman–Crippen MR) is 96.9 cm³/mol. The van der Waals surface area contributed by atoms with E-state index in [1.54, 1.807) is 0 Å². The molecular weight excluding hydrogens is 264 g/mol. The van der Waals surface area contributed by atoms with Crippen molar-refractivity contribution < 1.29 is 0 Å². The van der Waals surface area contributed by atoms with E-state index in [9.17, 15) is 0 Å². The van der Waals surface area contributed by atoms with E-state index in [1.807, 2.05) is 6.92 Å². The quantitative estimate of drug-likeness (QED) is 0.504. The first-order valence-electron chi connectivity index (χ1n) is 7.78. The van der Waals surface area contributed by atoms with Gasteiger partial charge in [-0.2, -0.15) is 0 Å². The molecule has 0 aromatic heterocycles. The minimum Gasteiger partial charge on any atom is -0.0961 e. The maximum Gasteiger partial charge on any atom is -0.00134 e. The van der Waals surface area contributed by atoms with Gasteiger partial charge in [0.1, 0.15) is 0 Å². The van der Waals surface area contributed by atoms with Crippen LogP contribution in [0.4, 0.5) is 0 Å². The Kier molecular flexibility index (Phi) is 3.85. The van der Waals surface area contributed by atoms with Gasteiger partial charge in [0.15, 0.2) is 0 Å². The summed E-state index contributed by atoms with van der Waals surface area (Å²) in [6.07, 6.45) is 5.45. The molecule has 0 aliphatic heterocycles. The standard InChI is InChI=1S/C22H22/c1-15(2)11-20(12-16(3)4)17-9-10-19-13-18-7-5-6-8-21(18)22(19)14-17/h5-12,14H,1,13H2,2-4H3/b20-11+. The second-order valence-electron chi connectivity index (χ2n) is 6.37. The van der Waals surface area contributed by atoms with E-state index in [0.717, 1.165) is 12.0 Å². The van der Waals surface area contributed by atoms with Gasteiger partial charge in [0.2, 0.25) is 0 Å². The molecule has 0 nitrogen and oxygen atoms in total. The predicted octanol–water partition coefficient (Wildman–Crippen LogP) is 6.18. The Hall–Kier alpha value is -2.34. The summed E-state index contributed by atoms with van der Waals surface area (Å²) in [6.45, 7) is 10.3. The van der Waals surface area contributed by atoms with E-state index in [2.05, 4.69) is 75.0 Å². The third kappa shape index (κ3) is 2.82. The van der Waals surface area contributed by atoms with Crippen LogP contribution in [-0.2, 0) is 6.42 Å². The number of hydrogen-bond donors (Lipinski definition) is 0. The van der Waals surface area contributed by atoms with E-state index >= 15 is 0 Å². The fourth-order valence-electron chi connectivity index (χ4n) is 3.09. The fourth-order valence-corrected chi connectivity index (χ4v) is 3.09. The summed E-state index contributed by atoms with van der Waals surface area (Å²) < 4.78 is 0. The van der Waals surface area contributed by atoms with Crippen molar-refractivity contribution in [3.05, 3.63) is 89.0 Å². The average Bonchev–Trinajstić information content (AvgIpc) is 2.83. The molecule has 110 valence electrons. The molecule has 0 amide bonds. The number of hydrogen-bond acceptors (Lipinski definition) is 0. The van der Waals surface area contributed by atoms with Crippen LogP contribution in [0.15, 0.2) is 72.3 Å². The van der Waals surface area contributed by atoms with Crippen LogP contribution in [0.3, 0.4) is 0 Å². The van der Waals surface area contributed by atoms with Crippen molar-refractivity contribution in [1.29, 1.82) is 0 Å². The summed E-state index contributed by atoms with van der Waals surface area (Å²) in [5.41, 5.74) is 10.5. The van der Waals surface area contributed by atoms with E-state index in [-0.39, 0.29) is 0 Å². The molecule has 0 heteroatoms. The molecule has 3 rings (SSSR count). The average molecular weight is 286 g/mol. The highest BCUT2D eigenvalue weighted by atomic mass is 14.2. The number of rotatable bonds is 3. The topological polar surface area (TPSA) is 0 Å². The molecule has 0 N–H and O–H groups in total. The fraction of sp³-hybridized carbons (Fsp3) is 0.182. The molecule has 0 unspecified atom stereocenters. The van der Waals surface area contributed by atoms with Gasteiger partial charge in [0.05, 0.1) is 0 Å². The van der Waals surface area contributed by atoms with Gasteiger partial charge in [0.25, 0.3) is 0 Å². The number of benzene rings is 2. The van der Waals surface area contributed by atoms with E-state index in [1.165, 1.54) is 39.0 Å². The third-order valence-corrected chi connectivity index (χ3v) is 3.98. The first kappa shape index (κ1) is 14.6. The second kappa shape index (κ2) is 5.81. The monoisotopic (exact) mass is 286 g/mol. The molecule has 0 saturated carbocycles. The maximum absolute atomic E-state index is 4.03. The Morgan fingerprint density at radius 3 is 2.36 bits per heavy atom. The molecule has 0 bridgehead atoms. The summed E-state index contributed by atoms with van der Waals surface area (Å²) in [4.78, 5) is 0. The Labute approximate surface area is 133 Å². The van der Waals surface area contributed by atoms with E-state index in [0.29, 0.717) is 0 Å². The molecular formula is C22H22. The van der Waals surface area contributed by atoms with Crippen molar-refractivity contribution >= 4 is 5.57 Å². The lowest BCUT2D eigenvalue weighted by Crippen LogP contribution is -1.87. The van der Waals surface area contributed by atoms with Crippen molar-refractivity contribution in [2.45, 2.75) is 27.2 Å². The van der Waals surface area contributed by atoms with E-state index < -0.39 is 0 Å². The molecule has 22 heavy (non-hydrogen) atoms. The van der Waals surface area contributed by atoms with Crippen LogP contribution in [0.5, 0.6) is 0 Å². The van der Waals surface area contributed by atoms with Crippen LogP contribution in [-0.4, -0.2) is 0 Å². The molecule has 0 atom stereocenters. The molecule has 2 aromatic carbocycles. The summed E-state index contributed by atoms with van der Waals surface area (Å²) in [5, 5.41) is 0. The highest BCUT2D eigenvalue weighted by Gasteiger charge is 2.18. The van der Waals surface area contributed by atoms with Crippen LogP contribution >= 0.6 is 0 Å². The van der Waals surface area contributed by atoms with Crippen molar-refractivity contribution in [1.82, 2.24) is 0 Å². The maximum atomic E-state index is 4.03. The van der Waals surface area contributed by atoms with Gasteiger partial charge in [-0.25, -0.2) is 0 Å². The summed E-state index contributed by atoms with van der Waals surface area (Å²) in [5.74, 6) is 0. The second-order valence-corrected chi connectivity index (χ2v) is 6.37. The smallest absolute Gasteiger partial charge is 0.00134 e. The highest BCUT2D eigenvalue weighted by Crippen LogP contribution is 2.38. The normalized spacial score (nSPS) is 12.6. The molecule has 0 radical (unpaired) electrons. The van der Waals surface area contributed by atoms with Crippen molar-refractivity contribution in [2.24, 2.45) is 0 Å². The molecule has 0 heterocycles. The Bertz CT molecular complexity index is 797. The third-order valence-electron chi connectivity index (χ3n) is 3.98. The summed E-state index contributed by atoms with van der Waals surface area (Å²) in [7, 11) is 0. The zero-order valence-electron chi connectivity index (χ0n) is 13.6. The van der Waals surface area contributed by atoms with Gasteiger partial charge >= 0.3 is 0 Å². The minimum atomic E-state index is 1.05. The summed E-state index contributed by atoms with van der Waals surface area (Å²) in [6, 6.07) is 15.6. The zero-order valence-corrected chi connectivity index (χ0v) is 13.6.